The highest BCUT2D eigenvalue weighted by Gasteiger charge is 2.11. The molecular formula is C15H14BrN3O. The maximum absolute atomic E-state index is 12.1. The van der Waals surface area contributed by atoms with E-state index in [0.717, 1.165) is 29.5 Å². The molecule has 2 N–H and O–H groups in total. The fourth-order valence-corrected chi connectivity index (χ4v) is 2.66. The van der Waals surface area contributed by atoms with Crippen molar-refractivity contribution in [3.8, 4) is 0 Å². The predicted octanol–water partition coefficient (Wildman–Crippen LogP) is 3.45. The lowest BCUT2D eigenvalue weighted by Gasteiger charge is -2.18. The third-order valence-corrected chi connectivity index (χ3v) is 3.70. The Kier molecular flexibility index (Phi) is 3.69. The highest BCUT2D eigenvalue weighted by Crippen LogP contribution is 2.25. The number of carbonyl (C=O) groups is 1. The zero-order valence-corrected chi connectivity index (χ0v) is 12.4. The summed E-state index contributed by atoms with van der Waals surface area (Å²) < 4.78 is 0.791. The second kappa shape index (κ2) is 5.63. The van der Waals surface area contributed by atoms with E-state index >= 15 is 0 Å². The van der Waals surface area contributed by atoms with Gasteiger partial charge in [-0.15, -0.1) is 0 Å². The van der Waals surface area contributed by atoms with Crippen LogP contribution in [0, 0.1) is 0 Å². The molecular weight excluding hydrogens is 318 g/mol. The Labute approximate surface area is 125 Å². The van der Waals surface area contributed by atoms with Crippen LogP contribution in [-0.2, 0) is 6.42 Å². The van der Waals surface area contributed by atoms with Crippen LogP contribution in [0.4, 0.5) is 11.4 Å². The van der Waals surface area contributed by atoms with Crippen LogP contribution < -0.4 is 10.6 Å². The van der Waals surface area contributed by atoms with Gasteiger partial charge >= 0.3 is 0 Å². The van der Waals surface area contributed by atoms with Crippen molar-refractivity contribution in [3.63, 3.8) is 0 Å². The highest BCUT2D eigenvalue weighted by molar-refractivity contribution is 9.10. The third kappa shape index (κ3) is 2.82. The van der Waals surface area contributed by atoms with E-state index in [2.05, 4.69) is 31.5 Å². The van der Waals surface area contributed by atoms with Gasteiger partial charge in [0.15, 0.2) is 0 Å². The number of nitrogens with one attached hydrogen (secondary N) is 2. The van der Waals surface area contributed by atoms with Gasteiger partial charge in [-0.1, -0.05) is 0 Å². The van der Waals surface area contributed by atoms with E-state index in [4.69, 9.17) is 0 Å². The van der Waals surface area contributed by atoms with Crippen LogP contribution in [0.25, 0.3) is 0 Å². The van der Waals surface area contributed by atoms with Gasteiger partial charge in [-0.05, 0) is 58.6 Å². The molecule has 3 rings (SSSR count). The molecule has 20 heavy (non-hydrogen) atoms. The smallest absolute Gasteiger partial charge is 0.257 e. The largest absolute Gasteiger partial charge is 0.385 e. The zero-order valence-electron chi connectivity index (χ0n) is 10.8. The zero-order chi connectivity index (χ0) is 13.9. The summed E-state index contributed by atoms with van der Waals surface area (Å²) in [4.78, 5) is 16.1. The topological polar surface area (TPSA) is 54.0 Å². The molecule has 0 bridgehead atoms. The quantitative estimate of drug-likeness (QED) is 0.886. The Morgan fingerprint density at radius 2 is 2.20 bits per heavy atom. The Morgan fingerprint density at radius 3 is 3.05 bits per heavy atom. The van der Waals surface area contributed by atoms with Crippen molar-refractivity contribution in [3.05, 3.63) is 52.3 Å². The molecule has 1 aliphatic rings. The van der Waals surface area contributed by atoms with Crippen molar-refractivity contribution in [2.45, 2.75) is 12.8 Å². The summed E-state index contributed by atoms with van der Waals surface area (Å²) >= 11 is 3.31. The van der Waals surface area contributed by atoms with Gasteiger partial charge in [0, 0.05) is 34.8 Å². The lowest BCUT2D eigenvalue weighted by Crippen LogP contribution is -2.14. The highest BCUT2D eigenvalue weighted by atomic mass is 79.9. The van der Waals surface area contributed by atoms with Crippen LogP contribution in [0.3, 0.4) is 0 Å². The first-order chi connectivity index (χ1) is 9.72. The summed E-state index contributed by atoms with van der Waals surface area (Å²) in [6.45, 7) is 1.02. The van der Waals surface area contributed by atoms with Crippen molar-refractivity contribution in [2.24, 2.45) is 0 Å². The molecule has 2 aromatic rings. The van der Waals surface area contributed by atoms with Crippen molar-refractivity contribution in [1.82, 2.24) is 4.98 Å². The first kappa shape index (κ1) is 13.1. The predicted molar refractivity (Wildman–Crippen MR) is 83.1 cm³/mol. The van der Waals surface area contributed by atoms with E-state index < -0.39 is 0 Å². The Hall–Kier alpha value is -1.88. The number of carbonyl (C=O) groups excluding carboxylic acids is 1. The molecule has 5 heteroatoms. The third-order valence-electron chi connectivity index (χ3n) is 3.27. The fourth-order valence-electron chi connectivity index (χ4n) is 2.29. The molecule has 1 amide bonds. The molecule has 0 radical (unpaired) electrons. The van der Waals surface area contributed by atoms with Gasteiger partial charge in [-0.25, -0.2) is 0 Å². The number of benzene rings is 1. The maximum Gasteiger partial charge on any atom is 0.257 e. The SMILES string of the molecule is O=C(Nc1ccc2c(c1)CCCN2)c1cncc(Br)c1. The van der Waals surface area contributed by atoms with Crippen molar-refractivity contribution in [2.75, 3.05) is 17.2 Å². The molecule has 2 heterocycles. The monoisotopic (exact) mass is 331 g/mol. The van der Waals surface area contributed by atoms with Gasteiger partial charge in [0.05, 0.1) is 5.56 Å². The number of anilines is 2. The number of fused-ring (bicyclic) bond motifs is 1. The van der Waals surface area contributed by atoms with Crippen LogP contribution in [0.2, 0.25) is 0 Å². The maximum atomic E-state index is 12.1. The van der Waals surface area contributed by atoms with E-state index in [1.165, 1.54) is 11.3 Å². The summed E-state index contributed by atoms with van der Waals surface area (Å²) in [5, 5.41) is 6.26. The van der Waals surface area contributed by atoms with Crippen molar-refractivity contribution < 1.29 is 4.79 Å². The van der Waals surface area contributed by atoms with Gasteiger partial charge in [0.2, 0.25) is 0 Å². The minimum atomic E-state index is -0.150. The molecule has 0 saturated carbocycles. The normalized spacial score (nSPS) is 13.2. The number of hydrogen-bond acceptors (Lipinski definition) is 3. The minimum Gasteiger partial charge on any atom is -0.385 e. The number of hydrogen-bond donors (Lipinski definition) is 2. The number of pyridine rings is 1. The van der Waals surface area contributed by atoms with E-state index in [0.29, 0.717) is 5.56 Å². The minimum absolute atomic E-state index is 0.150. The number of aromatic nitrogens is 1. The molecule has 0 unspecified atom stereocenters. The number of amides is 1. The van der Waals surface area contributed by atoms with E-state index in [-0.39, 0.29) is 5.91 Å². The average molecular weight is 332 g/mol. The van der Waals surface area contributed by atoms with Crippen LogP contribution in [0.15, 0.2) is 41.1 Å². The summed E-state index contributed by atoms with van der Waals surface area (Å²) in [5.74, 6) is -0.150. The molecule has 0 atom stereocenters. The molecule has 0 aliphatic carbocycles. The van der Waals surface area contributed by atoms with Crippen LogP contribution in [0.1, 0.15) is 22.3 Å². The number of halogens is 1. The molecule has 1 aliphatic heterocycles. The average Bonchev–Trinajstić information content (AvgIpc) is 2.47. The molecule has 1 aromatic carbocycles. The van der Waals surface area contributed by atoms with Gasteiger partial charge < -0.3 is 10.6 Å². The van der Waals surface area contributed by atoms with Crippen molar-refractivity contribution >= 4 is 33.2 Å². The standard InChI is InChI=1S/C15H14BrN3O/c16-12-6-11(8-17-9-12)15(20)19-13-3-4-14-10(7-13)2-1-5-18-14/h3-4,6-9,18H,1-2,5H2,(H,19,20). The number of aryl methyl sites for hydroxylation is 1. The first-order valence-electron chi connectivity index (χ1n) is 6.51. The van der Waals surface area contributed by atoms with Gasteiger partial charge in [-0.3, -0.25) is 9.78 Å². The number of rotatable bonds is 2. The summed E-state index contributed by atoms with van der Waals surface area (Å²) in [6, 6.07) is 7.72. The van der Waals surface area contributed by atoms with Crippen molar-refractivity contribution in [1.29, 1.82) is 0 Å². The van der Waals surface area contributed by atoms with E-state index in [1.54, 1.807) is 18.5 Å². The Balaban J connectivity index is 1.79. The van der Waals surface area contributed by atoms with Crippen LogP contribution in [0.5, 0.6) is 0 Å². The van der Waals surface area contributed by atoms with Crippen LogP contribution in [-0.4, -0.2) is 17.4 Å². The van der Waals surface area contributed by atoms with Gasteiger partial charge in [-0.2, -0.15) is 0 Å². The fraction of sp³-hybridized carbons (Fsp3) is 0.200. The van der Waals surface area contributed by atoms with Crippen LogP contribution >= 0.6 is 15.9 Å². The molecule has 0 spiro atoms. The van der Waals surface area contributed by atoms with E-state index in [1.807, 2.05) is 18.2 Å². The van der Waals surface area contributed by atoms with Gasteiger partial charge in [0.25, 0.3) is 5.91 Å². The second-order valence-corrected chi connectivity index (χ2v) is 5.66. The van der Waals surface area contributed by atoms with E-state index in [9.17, 15) is 4.79 Å². The number of nitrogens with zero attached hydrogens (tertiary/aromatic N) is 1. The molecule has 4 nitrogen and oxygen atoms in total. The lowest BCUT2D eigenvalue weighted by molar-refractivity contribution is 0.102. The molecule has 102 valence electrons. The summed E-state index contributed by atoms with van der Waals surface area (Å²) in [6.07, 6.45) is 5.38. The van der Waals surface area contributed by atoms with Gasteiger partial charge in [0.1, 0.15) is 0 Å². The molecule has 1 aromatic heterocycles. The second-order valence-electron chi connectivity index (χ2n) is 4.75. The molecule has 0 saturated heterocycles. The Bertz CT molecular complexity index is 657. The molecule has 0 fully saturated rings. The summed E-state index contributed by atoms with van der Waals surface area (Å²) in [7, 11) is 0. The summed E-state index contributed by atoms with van der Waals surface area (Å²) in [5.41, 5.74) is 3.77. The Morgan fingerprint density at radius 1 is 1.30 bits per heavy atom. The first-order valence-corrected chi connectivity index (χ1v) is 7.30. The lowest BCUT2D eigenvalue weighted by atomic mass is 10.0.